The van der Waals surface area contributed by atoms with Crippen molar-refractivity contribution >= 4 is 17.5 Å². The molecule has 0 N–H and O–H groups in total. The first kappa shape index (κ1) is 16.3. The van der Waals surface area contributed by atoms with Crippen LogP contribution in [0.2, 0.25) is 5.02 Å². The third-order valence-electron chi connectivity index (χ3n) is 3.61. The first-order valence-corrected chi connectivity index (χ1v) is 7.67. The molecule has 1 aromatic carbocycles. The molecule has 0 aliphatic carbocycles. The zero-order valence-corrected chi connectivity index (χ0v) is 13.5. The normalized spacial score (nSPS) is 19.6. The molecule has 116 valence electrons. The van der Waals surface area contributed by atoms with E-state index in [1.807, 2.05) is 43.3 Å². The van der Waals surface area contributed by atoms with Crippen LogP contribution in [0.15, 0.2) is 24.3 Å². The Balaban J connectivity index is 1.98. The standard InChI is InChI=1S/C16H23ClN2O2/c1-18(2)10-13-11-19(7-8-21-12-13)16(20)9-14-5-3-4-6-15(14)17/h3-6,13H,7-12H2,1-2H3/t13-/m0/s1. The van der Waals surface area contributed by atoms with Crippen molar-refractivity contribution in [1.82, 2.24) is 9.80 Å². The molecule has 5 heteroatoms. The van der Waals surface area contributed by atoms with Gasteiger partial charge in [-0.25, -0.2) is 0 Å². The number of hydrogen-bond acceptors (Lipinski definition) is 3. The summed E-state index contributed by atoms with van der Waals surface area (Å²) in [6.07, 6.45) is 0.356. The summed E-state index contributed by atoms with van der Waals surface area (Å²) in [6, 6.07) is 7.52. The predicted octanol–water partition coefficient (Wildman–Crippen LogP) is 1.92. The molecule has 1 fully saturated rings. The summed E-state index contributed by atoms with van der Waals surface area (Å²) in [7, 11) is 4.08. The number of amides is 1. The van der Waals surface area contributed by atoms with Gasteiger partial charge in [0.1, 0.15) is 0 Å². The van der Waals surface area contributed by atoms with Crippen LogP contribution >= 0.6 is 11.6 Å². The molecule has 21 heavy (non-hydrogen) atoms. The Labute approximate surface area is 131 Å². The Kier molecular flexibility index (Phi) is 6.03. The van der Waals surface area contributed by atoms with E-state index in [9.17, 15) is 4.79 Å². The topological polar surface area (TPSA) is 32.8 Å². The molecule has 0 spiro atoms. The smallest absolute Gasteiger partial charge is 0.227 e. The highest BCUT2D eigenvalue weighted by molar-refractivity contribution is 6.31. The molecule has 1 heterocycles. The third kappa shape index (κ3) is 4.99. The number of carbonyl (C=O) groups is 1. The molecule has 1 aliphatic rings. The van der Waals surface area contributed by atoms with Crippen molar-refractivity contribution in [2.75, 3.05) is 46.9 Å². The third-order valence-corrected chi connectivity index (χ3v) is 3.98. The van der Waals surface area contributed by atoms with Crippen molar-refractivity contribution < 1.29 is 9.53 Å². The van der Waals surface area contributed by atoms with Crippen LogP contribution in [0.5, 0.6) is 0 Å². The number of rotatable bonds is 4. The molecule has 1 amide bonds. The van der Waals surface area contributed by atoms with Gasteiger partial charge in [-0.3, -0.25) is 4.79 Å². The molecular weight excluding hydrogens is 288 g/mol. The molecule has 2 rings (SSSR count). The lowest BCUT2D eigenvalue weighted by molar-refractivity contribution is -0.130. The van der Waals surface area contributed by atoms with Gasteiger partial charge in [-0.05, 0) is 25.7 Å². The van der Waals surface area contributed by atoms with Crippen molar-refractivity contribution in [3.8, 4) is 0 Å². The van der Waals surface area contributed by atoms with Crippen molar-refractivity contribution in [3.63, 3.8) is 0 Å². The zero-order chi connectivity index (χ0) is 15.2. The van der Waals surface area contributed by atoms with Crippen molar-refractivity contribution in [2.45, 2.75) is 6.42 Å². The minimum absolute atomic E-state index is 0.123. The minimum Gasteiger partial charge on any atom is -0.379 e. The summed E-state index contributed by atoms with van der Waals surface area (Å²) < 4.78 is 5.62. The molecule has 4 nitrogen and oxygen atoms in total. The van der Waals surface area contributed by atoms with Crippen LogP contribution in [0.25, 0.3) is 0 Å². The zero-order valence-electron chi connectivity index (χ0n) is 12.7. The van der Waals surface area contributed by atoms with E-state index in [0.717, 1.165) is 18.7 Å². The maximum Gasteiger partial charge on any atom is 0.227 e. The average Bonchev–Trinajstić information content (AvgIpc) is 2.66. The van der Waals surface area contributed by atoms with E-state index in [-0.39, 0.29) is 5.91 Å². The van der Waals surface area contributed by atoms with E-state index >= 15 is 0 Å². The Morgan fingerprint density at radius 1 is 1.43 bits per heavy atom. The molecule has 0 radical (unpaired) electrons. The van der Waals surface area contributed by atoms with E-state index in [1.165, 1.54) is 0 Å². The van der Waals surface area contributed by atoms with Crippen molar-refractivity contribution in [2.24, 2.45) is 5.92 Å². The van der Waals surface area contributed by atoms with Crippen LogP contribution in [-0.2, 0) is 16.0 Å². The van der Waals surface area contributed by atoms with E-state index in [0.29, 0.717) is 37.1 Å². The molecule has 1 aromatic rings. The molecule has 0 aromatic heterocycles. The maximum atomic E-state index is 12.5. The number of hydrogen-bond donors (Lipinski definition) is 0. The molecule has 0 bridgehead atoms. The summed E-state index contributed by atoms with van der Waals surface area (Å²) in [6.45, 7) is 3.66. The quantitative estimate of drug-likeness (QED) is 0.852. The second-order valence-corrected chi connectivity index (χ2v) is 6.22. The summed E-state index contributed by atoms with van der Waals surface area (Å²) >= 11 is 6.13. The van der Waals surface area contributed by atoms with Gasteiger partial charge in [0.25, 0.3) is 0 Å². The van der Waals surface area contributed by atoms with Gasteiger partial charge in [-0.1, -0.05) is 29.8 Å². The second-order valence-electron chi connectivity index (χ2n) is 5.81. The van der Waals surface area contributed by atoms with Crippen LogP contribution in [-0.4, -0.2) is 62.7 Å². The Hall–Kier alpha value is -1.10. The number of ether oxygens (including phenoxy) is 1. The molecule has 0 unspecified atom stereocenters. The van der Waals surface area contributed by atoms with Gasteiger partial charge in [-0.15, -0.1) is 0 Å². The van der Waals surface area contributed by atoms with E-state index in [2.05, 4.69) is 4.90 Å². The lowest BCUT2D eigenvalue weighted by atomic mass is 10.1. The number of nitrogens with zero attached hydrogens (tertiary/aromatic N) is 2. The first-order valence-electron chi connectivity index (χ1n) is 7.30. The summed E-state index contributed by atoms with van der Waals surface area (Å²) in [4.78, 5) is 16.5. The molecule has 0 saturated carbocycles. The van der Waals surface area contributed by atoms with Crippen LogP contribution in [0, 0.1) is 5.92 Å². The lowest BCUT2D eigenvalue weighted by Crippen LogP contribution is -2.39. The fraction of sp³-hybridized carbons (Fsp3) is 0.562. The second kappa shape index (κ2) is 7.78. The summed E-state index contributed by atoms with van der Waals surface area (Å²) in [5, 5.41) is 0.654. The van der Waals surface area contributed by atoms with Gasteiger partial charge < -0.3 is 14.5 Å². The Morgan fingerprint density at radius 2 is 2.19 bits per heavy atom. The monoisotopic (exact) mass is 310 g/mol. The van der Waals surface area contributed by atoms with E-state index in [4.69, 9.17) is 16.3 Å². The fourth-order valence-electron chi connectivity index (χ4n) is 2.65. The highest BCUT2D eigenvalue weighted by Crippen LogP contribution is 2.17. The Morgan fingerprint density at radius 3 is 2.90 bits per heavy atom. The van der Waals surface area contributed by atoms with Crippen molar-refractivity contribution in [3.05, 3.63) is 34.9 Å². The van der Waals surface area contributed by atoms with Crippen LogP contribution in [0.4, 0.5) is 0 Å². The molecule has 1 atom stereocenters. The van der Waals surface area contributed by atoms with Gasteiger partial charge in [0.15, 0.2) is 0 Å². The maximum absolute atomic E-state index is 12.5. The van der Waals surface area contributed by atoms with Gasteiger partial charge in [0, 0.05) is 30.6 Å². The lowest BCUT2D eigenvalue weighted by Gasteiger charge is -2.25. The number of carbonyl (C=O) groups excluding carboxylic acids is 1. The molecule has 1 aliphatic heterocycles. The van der Waals surface area contributed by atoms with Gasteiger partial charge >= 0.3 is 0 Å². The van der Waals surface area contributed by atoms with E-state index < -0.39 is 0 Å². The van der Waals surface area contributed by atoms with Crippen LogP contribution in [0.3, 0.4) is 0 Å². The SMILES string of the molecule is CN(C)C[C@@H]1COCCN(C(=O)Cc2ccccc2Cl)C1. The predicted molar refractivity (Wildman–Crippen MR) is 84.6 cm³/mol. The van der Waals surface area contributed by atoms with Crippen LogP contribution in [0.1, 0.15) is 5.56 Å². The number of benzene rings is 1. The fourth-order valence-corrected chi connectivity index (χ4v) is 2.85. The van der Waals surface area contributed by atoms with Gasteiger partial charge in [-0.2, -0.15) is 0 Å². The van der Waals surface area contributed by atoms with Gasteiger partial charge in [0.05, 0.1) is 19.6 Å². The summed E-state index contributed by atoms with van der Waals surface area (Å²) in [5.74, 6) is 0.482. The minimum atomic E-state index is 0.123. The number of halogens is 1. The highest BCUT2D eigenvalue weighted by atomic mass is 35.5. The largest absolute Gasteiger partial charge is 0.379 e. The van der Waals surface area contributed by atoms with Crippen molar-refractivity contribution in [1.29, 1.82) is 0 Å². The first-order chi connectivity index (χ1) is 10.1. The van der Waals surface area contributed by atoms with Gasteiger partial charge in [0.2, 0.25) is 5.91 Å². The highest BCUT2D eigenvalue weighted by Gasteiger charge is 2.23. The molecular formula is C16H23ClN2O2. The summed E-state index contributed by atoms with van der Waals surface area (Å²) in [5.41, 5.74) is 0.887. The van der Waals surface area contributed by atoms with E-state index in [1.54, 1.807) is 0 Å². The Bertz CT molecular complexity index is 479. The van der Waals surface area contributed by atoms with Crippen LogP contribution < -0.4 is 0 Å². The average molecular weight is 311 g/mol. The molecule has 1 saturated heterocycles.